The summed E-state index contributed by atoms with van der Waals surface area (Å²) in [6.45, 7) is 6.55. The second-order valence-electron chi connectivity index (χ2n) is 5.38. The molecule has 0 bridgehead atoms. The van der Waals surface area contributed by atoms with Crippen molar-refractivity contribution in [1.29, 1.82) is 0 Å². The summed E-state index contributed by atoms with van der Waals surface area (Å²) in [5.74, 6) is 3.05. The Hall–Kier alpha value is 1.32. The SMILES string of the molecule is CC(CCCSC1(C)OC1S)CSC1(C)OC1S. The van der Waals surface area contributed by atoms with Crippen molar-refractivity contribution >= 4 is 48.8 Å². The zero-order chi connectivity index (χ0) is 13.4. The van der Waals surface area contributed by atoms with Gasteiger partial charge in [0.25, 0.3) is 0 Å². The number of hydrogen-bond acceptors (Lipinski definition) is 6. The molecule has 2 rings (SSSR count). The summed E-state index contributed by atoms with van der Waals surface area (Å²) in [5, 5.41) is 0. The number of rotatable bonds is 8. The van der Waals surface area contributed by atoms with Crippen molar-refractivity contribution < 1.29 is 9.47 Å². The molecule has 2 saturated heterocycles. The lowest BCUT2D eigenvalue weighted by molar-refractivity contribution is 0.393. The molecule has 0 aliphatic carbocycles. The Morgan fingerprint density at radius 1 is 1.11 bits per heavy atom. The van der Waals surface area contributed by atoms with Gasteiger partial charge < -0.3 is 9.47 Å². The predicted octanol–water partition coefficient (Wildman–Crippen LogP) is 3.87. The lowest BCUT2D eigenvalue weighted by Crippen LogP contribution is -2.08. The predicted molar refractivity (Wildman–Crippen MR) is 87.8 cm³/mol. The van der Waals surface area contributed by atoms with Crippen LogP contribution in [0, 0.1) is 5.92 Å². The first-order chi connectivity index (χ1) is 8.36. The van der Waals surface area contributed by atoms with Crippen LogP contribution in [0.2, 0.25) is 0 Å². The molecule has 2 aliphatic rings. The van der Waals surface area contributed by atoms with E-state index in [1.807, 2.05) is 23.5 Å². The van der Waals surface area contributed by atoms with Gasteiger partial charge in [-0.3, -0.25) is 0 Å². The van der Waals surface area contributed by atoms with E-state index in [9.17, 15) is 0 Å². The van der Waals surface area contributed by atoms with E-state index in [2.05, 4.69) is 46.0 Å². The fraction of sp³-hybridized carbons (Fsp3) is 1.00. The van der Waals surface area contributed by atoms with Gasteiger partial charge in [-0.05, 0) is 44.1 Å². The van der Waals surface area contributed by atoms with Gasteiger partial charge in [-0.25, -0.2) is 0 Å². The molecule has 0 aromatic carbocycles. The van der Waals surface area contributed by atoms with Crippen molar-refractivity contribution in [3.05, 3.63) is 0 Å². The molecule has 0 spiro atoms. The highest BCUT2D eigenvalue weighted by atomic mass is 32.2. The Bertz CT molecular complexity index is 304. The Labute approximate surface area is 130 Å². The molecule has 0 aromatic rings. The van der Waals surface area contributed by atoms with Gasteiger partial charge in [0.15, 0.2) is 0 Å². The van der Waals surface area contributed by atoms with Gasteiger partial charge in [-0.2, -0.15) is 0 Å². The summed E-state index contributed by atoms with van der Waals surface area (Å²) < 4.78 is 10.9. The zero-order valence-corrected chi connectivity index (χ0v) is 14.5. The van der Waals surface area contributed by atoms with E-state index in [0.717, 1.165) is 17.4 Å². The van der Waals surface area contributed by atoms with Crippen molar-refractivity contribution in [3.63, 3.8) is 0 Å². The van der Waals surface area contributed by atoms with Crippen LogP contribution < -0.4 is 0 Å². The first-order valence-corrected chi connectivity index (χ1v) is 9.36. The lowest BCUT2D eigenvalue weighted by atomic mass is 10.1. The van der Waals surface area contributed by atoms with Crippen LogP contribution in [0.1, 0.15) is 33.6 Å². The second-order valence-corrected chi connectivity index (χ2v) is 9.26. The second kappa shape index (κ2) is 5.98. The minimum atomic E-state index is -0.0271. The molecule has 2 fully saturated rings. The van der Waals surface area contributed by atoms with E-state index in [0.29, 0.717) is 0 Å². The largest absolute Gasteiger partial charge is 0.343 e. The molecule has 106 valence electrons. The highest BCUT2D eigenvalue weighted by Crippen LogP contribution is 2.49. The summed E-state index contributed by atoms with van der Waals surface area (Å²) in [7, 11) is 0. The molecule has 0 saturated carbocycles. The molecule has 18 heavy (non-hydrogen) atoms. The van der Waals surface area contributed by atoms with Crippen LogP contribution in [0.3, 0.4) is 0 Å². The highest BCUT2D eigenvalue weighted by molar-refractivity contribution is 8.02. The average Bonchev–Trinajstić information content (AvgIpc) is 3.10. The summed E-state index contributed by atoms with van der Waals surface area (Å²) in [6, 6.07) is 0. The zero-order valence-electron chi connectivity index (χ0n) is 11.1. The third-order valence-electron chi connectivity index (χ3n) is 3.36. The molecule has 0 N–H and O–H groups in total. The van der Waals surface area contributed by atoms with Crippen LogP contribution >= 0.6 is 48.8 Å². The number of hydrogen-bond donors (Lipinski definition) is 2. The van der Waals surface area contributed by atoms with Crippen LogP contribution in [0.5, 0.6) is 0 Å². The van der Waals surface area contributed by atoms with Crippen molar-refractivity contribution in [2.45, 2.75) is 54.4 Å². The molecule has 0 aromatic heterocycles. The summed E-state index contributed by atoms with van der Waals surface area (Å²) in [6.07, 6.45) is 2.51. The number of ether oxygens (including phenoxy) is 2. The molecule has 2 heterocycles. The Morgan fingerprint density at radius 2 is 1.61 bits per heavy atom. The molecule has 0 amide bonds. The molecular weight excluding hydrogens is 304 g/mol. The van der Waals surface area contributed by atoms with Crippen LogP contribution in [-0.2, 0) is 9.47 Å². The smallest absolute Gasteiger partial charge is 0.147 e. The van der Waals surface area contributed by atoms with Gasteiger partial charge in [-0.15, -0.1) is 48.8 Å². The first kappa shape index (κ1) is 15.7. The third-order valence-corrected chi connectivity index (χ3v) is 7.90. The summed E-state index contributed by atoms with van der Waals surface area (Å²) in [5.41, 5.74) is 0.263. The number of epoxide rings is 2. The Kier molecular flexibility index (Phi) is 5.22. The molecule has 6 heteroatoms. The molecule has 5 atom stereocenters. The van der Waals surface area contributed by atoms with Gasteiger partial charge in [0.1, 0.15) is 20.7 Å². The van der Waals surface area contributed by atoms with Crippen LogP contribution in [0.4, 0.5) is 0 Å². The summed E-state index contributed by atoms with van der Waals surface area (Å²) >= 11 is 12.4. The quantitative estimate of drug-likeness (QED) is 0.402. The van der Waals surface area contributed by atoms with Gasteiger partial charge in [0.05, 0.1) is 0 Å². The number of thiol groups is 2. The minimum Gasteiger partial charge on any atom is -0.343 e. The molecule has 2 nitrogen and oxygen atoms in total. The Balaban J connectivity index is 1.49. The van der Waals surface area contributed by atoms with E-state index in [4.69, 9.17) is 9.47 Å². The molecule has 0 radical (unpaired) electrons. The summed E-state index contributed by atoms with van der Waals surface area (Å²) in [4.78, 5) is -0.0453. The topological polar surface area (TPSA) is 25.1 Å². The van der Waals surface area contributed by atoms with E-state index < -0.39 is 0 Å². The van der Waals surface area contributed by atoms with E-state index >= 15 is 0 Å². The van der Waals surface area contributed by atoms with Crippen LogP contribution in [0.25, 0.3) is 0 Å². The van der Waals surface area contributed by atoms with Gasteiger partial charge >= 0.3 is 0 Å². The standard InChI is InChI=1S/C12H22O2S4/c1-8(7-18-12(3)10(16)14-12)5-4-6-17-11(2)9(15)13-11/h8-10,15-16H,4-7H2,1-3H3. The van der Waals surface area contributed by atoms with Crippen LogP contribution in [-0.4, -0.2) is 32.2 Å². The average molecular weight is 327 g/mol. The van der Waals surface area contributed by atoms with Gasteiger partial charge in [0.2, 0.25) is 0 Å². The normalized spacial score (nSPS) is 43.8. The van der Waals surface area contributed by atoms with E-state index in [1.54, 1.807) is 0 Å². The van der Waals surface area contributed by atoms with Gasteiger partial charge in [-0.1, -0.05) is 6.92 Å². The Morgan fingerprint density at radius 3 is 2.11 bits per heavy atom. The fourth-order valence-electron chi connectivity index (χ4n) is 1.68. The third kappa shape index (κ3) is 4.16. The molecule has 5 unspecified atom stereocenters. The van der Waals surface area contributed by atoms with Crippen molar-refractivity contribution in [3.8, 4) is 0 Å². The number of thioether (sulfide) groups is 2. The van der Waals surface area contributed by atoms with E-state index in [1.165, 1.54) is 12.8 Å². The molecular formula is C12H22O2S4. The maximum atomic E-state index is 5.44. The van der Waals surface area contributed by atoms with Crippen LogP contribution in [0.15, 0.2) is 0 Å². The van der Waals surface area contributed by atoms with Crippen molar-refractivity contribution in [2.75, 3.05) is 11.5 Å². The first-order valence-electron chi connectivity index (χ1n) is 6.35. The lowest BCUT2D eigenvalue weighted by Gasteiger charge is -2.13. The van der Waals surface area contributed by atoms with Gasteiger partial charge in [0, 0.05) is 0 Å². The highest BCUT2D eigenvalue weighted by Gasteiger charge is 2.51. The van der Waals surface area contributed by atoms with Crippen molar-refractivity contribution in [1.82, 2.24) is 0 Å². The monoisotopic (exact) mass is 326 g/mol. The maximum absolute atomic E-state index is 5.44. The maximum Gasteiger partial charge on any atom is 0.147 e. The van der Waals surface area contributed by atoms with Crippen molar-refractivity contribution in [2.24, 2.45) is 5.92 Å². The van der Waals surface area contributed by atoms with E-state index in [-0.39, 0.29) is 20.7 Å². The minimum absolute atomic E-state index is 0.0182. The molecule has 2 aliphatic heterocycles. The fourth-order valence-corrected chi connectivity index (χ4v) is 4.82.